The van der Waals surface area contributed by atoms with Crippen molar-refractivity contribution in [1.82, 2.24) is 15.1 Å². The van der Waals surface area contributed by atoms with Gasteiger partial charge in [-0.15, -0.1) is 0 Å². The van der Waals surface area contributed by atoms with Crippen molar-refractivity contribution < 1.29 is 14.0 Å². The highest BCUT2D eigenvalue weighted by molar-refractivity contribution is 5.91. The molecule has 1 N–H and O–H groups in total. The Bertz CT molecular complexity index is 436. The molecular formula is C13H19N3O3. The highest BCUT2D eigenvalue weighted by Gasteiger charge is 2.23. The summed E-state index contributed by atoms with van der Waals surface area (Å²) in [6, 6.07) is 3.56. The molecule has 0 aromatic carbocycles. The maximum Gasteiger partial charge on any atom is 0.289 e. The molecule has 0 radical (unpaired) electrons. The van der Waals surface area contributed by atoms with E-state index in [0.717, 1.165) is 25.1 Å². The maximum atomic E-state index is 12.2. The molecule has 0 spiro atoms. The Balaban J connectivity index is 1.92. The number of nitrogens with zero attached hydrogens (tertiary/aromatic N) is 2. The third kappa shape index (κ3) is 3.35. The van der Waals surface area contributed by atoms with Crippen molar-refractivity contribution in [3.8, 4) is 0 Å². The first-order valence-corrected chi connectivity index (χ1v) is 6.46. The highest BCUT2D eigenvalue weighted by atomic mass is 16.4. The Labute approximate surface area is 112 Å². The standard InChI is InChI=1S/C13H19N3O3/c1-14-5-4-11-2-3-12(19-11)13(18)16-8-6-15(10-17)7-9-16/h2-3,10,14H,4-9H2,1H3. The first-order valence-electron chi connectivity index (χ1n) is 6.46. The molecule has 2 amide bonds. The number of carbonyl (C=O) groups is 2. The number of nitrogens with one attached hydrogen (secondary N) is 1. The van der Waals surface area contributed by atoms with E-state index in [1.165, 1.54) is 0 Å². The third-order valence-electron chi connectivity index (χ3n) is 3.24. The zero-order valence-electron chi connectivity index (χ0n) is 11.1. The first kappa shape index (κ1) is 13.6. The van der Waals surface area contributed by atoms with E-state index in [-0.39, 0.29) is 5.91 Å². The summed E-state index contributed by atoms with van der Waals surface area (Å²) >= 11 is 0. The van der Waals surface area contributed by atoms with Crippen molar-refractivity contribution in [3.63, 3.8) is 0 Å². The van der Waals surface area contributed by atoms with Crippen LogP contribution in [-0.2, 0) is 11.2 Å². The zero-order chi connectivity index (χ0) is 13.7. The van der Waals surface area contributed by atoms with Gasteiger partial charge in [0, 0.05) is 39.1 Å². The quantitative estimate of drug-likeness (QED) is 0.758. The van der Waals surface area contributed by atoms with E-state index in [4.69, 9.17) is 4.42 Å². The lowest BCUT2D eigenvalue weighted by Gasteiger charge is -2.31. The van der Waals surface area contributed by atoms with E-state index in [1.807, 2.05) is 13.1 Å². The number of hydrogen-bond donors (Lipinski definition) is 1. The summed E-state index contributed by atoms with van der Waals surface area (Å²) in [5.41, 5.74) is 0. The fraction of sp³-hybridized carbons (Fsp3) is 0.538. The fourth-order valence-corrected chi connectivity index (χ4v) is 2.06. The van der Waals surface area contributed by atoms with Gasteiger partial charge in [-0.25, -0.2) is 0 Å². The molecule has 1 aliphatic heterocycles. The van der Waals surface area contributed by atoms with Crippen LogP contribution in [0.2, 0.25) is 0 Å². The topological polar surface area (TPSA) is 65.8 Å². The van der Waals surface area contributed by atoms with Gasteiger partial charge >= 0.3 is 0 Å². The second-order valence-corrected chi connectivity index (χ2v) is 4.55. The van der Waals surface area contributed by atoms with Gasteiger partial charge in [-0.1, -0.05) is 0 Å². The summed E-state index contributed by atoms with van der Waals surface area (Å²) in [7, 11) is 1.88. The minimum Gasteiger partial charge on any atom is -0.456 e. The normalized spacial score (nSPS) is 15.6. The Kier molecular flexibility index (Phi) is 4.57. The van der Waals surface area contributed by atoms with E-state index in [2.05, 4.69) is 5.32 Å². The molecule has 1 aliphatic rings. The SMILES string of the molecule is CNCCc1ccc(C(=O)N2CCN(C=O)CC2)o1. The molecule has 0 bridgehead atoms. The summed E-state index contributed by atoms with van der Waals surface area (Å²) < 4.78 is 5.54. The molecule has 0 unspecified atom stereocenters. The van der Waals surface area contributed by atoms with Crippen molar-refractivity contribution >= 4 is 12.3 Å². The maximum absolute atomic E-state index is 12.2. The second-order valence-electron chi connectivity index (χ2n) is 4.55. The van der Waals surface area contributed by atoms with Crippen LogP contribution in [0.1, 0.15) is 16.3 Å². The molecule has 104 valence electrons. The molecule has 1 aromatic heterocycles. The summed E-state index contributed by atoms with van der Waals surface area (Å²) in [4.78, 5) is 26.2. The van der Waals surface area contributed by atoms with Crippen LogP contribution in [0, 0.1) is 0 Å². The van der Waals surface area contributed by atoms with Crippen LogP contribution < -0.4 is 5.32 Å². The Morgan fingerprint density at radius 2 is 2.11 bits per heavy atom. The monoisotopic (exact) mass is 265 g/mol. The lowest BCUT2D eigenvalue weighted by molar-refractivity contribution is -0.119. The van der Waals surface area contributed by atoms with Gasteiger partial charge in [-0.05, 0) is 19.2 Å². The molecule has 19 heavy (non-hydrogen) atoms. The predicted molar refractivity (Wildman–Crippen MR) is 69.9 cm³/mol. The predicted octanol–water partition coefficient (Wildman–Crippen LogP) is -0.0443. The second kappa shape index (κ2) is 6.38. The van der Waals surface area contributed by atoms with Gasteiger partial charge < -0.3 is 19.5 Å². The lowest BCUT2D eigenvalue weighted by Crippen LogP contribution is -2.48. The van der Waals surface area contributed by atoms with E-state index in [9.17, 15) is 9.59 Å². The highest BCUT2D eigenvalue weighted by Crippen LogP contribution is 2.12. The van der Waals surface area contributed by atoms with E-state index in [0.29, 0.717) is 31.9 Å². The Morgan fingerprint density at radius 1 is 1.37 bits per heavy atom. The largest absolute Gasteiger partial charge is 0.456 e. The number of rotatable bonds is 5. The third-order valence-corrected chi connectivity index (χ3v) is 3.24. The number of amides is 2. The molecule has 0 saturated carbocycles. The minimum atomic E-state index is -0.0961. The minimum absolute atomic E-state index is 0.0961. The van der Waals surface area contributed by atoms with Crippen molar-refractivity contribution in [1.29, 1.82) is 0 Å². The van der Waals surface area contributed by atoms with E-state index in [1.54, 1.807) is 15.9 Å². The van der Waals surface area contributed by atoms with Crippen molar-refractivity contribution in [2.45, 2.75) is 6.42 Å². The van der Waals surface area contributed by atoms with Crippen LogP contribution in [0.5, 0.6) is 0 Å². The summed E-state index contributed by atoms with van der Waals surface area (Å²) in [6.07, 6.45) is 1.59. The lowest BCUT2D eigenvalue weighted by atomic mass is 10.3. The van der Waals surface area contributed by atoms with Crippen LogP contribution >= 0.6 is 0 Å². The number of likely N-dealkylation sites (N-methyl/N-ethyl adjacent to an activating group) is 1. The van der Waals surface area contributed by atoms with Crippen LogP contribution in [0.25, 0.3) is 0 Å². The summed E-state index contributed by atoms with van der Waals surface area (Å²) in [6.45, 7) is 3.11. The molecule has 0 atom stereocenters. The number of carbonyl (C=O) groups excluding carboxylic acids is 2. The molecule has 2 heterocycles. The van der Waals surface area contributed by atoms with Crippen LogP contribution in [0.4, 0.5) is 0 Å². The fourth-order valence-electron chi connectivity index (χ4n) is 2.06. The smallest absolute Gasteiger partial charge is 0.289 e. The molecule has 6 nitrogen and oxygen atoms in total. The van der Waals surface area contributed by atoms with Gasteiger partial charge in [-0.3, -0.25) is 9.59 Å². The summed E-state index contributed by atoms with van der Waals surface area (Å²) in [5.74, 6) is 1.09. The van der Waals surface area contributed by atoms with Gasteiger partial charge in [0.1, 0.15) is 5.76 Å². The van der Waals surface area contributed by atoms with Gasteiger partial charge in [0.15, 0.2) is 5.76 Å². The van der Waals surface area contributed by atoms with Gasteiger partial charge in [0.2, 0.25) is 6.41 Å². The van der Waals surface area contributed by atoms with Crippen molar-refractivity contribution in [2.75, 3.05) is 39.8 Å². The van der Waals surface area contributed by atoms with Crippen molar-refractivity contribution in [2.24, 2.45) is 0 Å². The zero-order valence-corrected chi connectivity index (χ0v) is 11.1. The Morgan fingerprint density at radius 3 is 2.74 bits per heavy atom. The number of piperazine rings is 1. The molecule has 1 saturated heterocycles. The molecule has 1 fully saturated rings. The van der Waals surface area contributed by atoms with Crippen molar-refractivity contribution in [3.05, 3.63) is 23.7 Å². The molecule has 6 heteroatoms. The van der Waals surface area contributed by atoms with Gasteiger partial charge in [0.25, 0.3) is 5.91 Å². The average molecular weight is 265 g/mol. The van der Waals surface area contributed by atoms with E-state index >= 15 is 0 Å². The summed E-state index contributed by atoms with van der Waals surface area (Å²) in [5, 5.41) is 3.04. The Hall–Kier alpha value is -1.82. The first-order chi connectivity index (χ1) is 9.24. The van der Waals surface area contributed by atoms with E-state index < -0.39 is 0 Å². The molecular weight excluding hydrogens is 246 g/mol. The van der Waals surface area contributed by atoms with Crippen LogP contribution in [0.3, 0.4) is 0 Å². The van der Waals surface area contributed by atoms with Gasteiger partial charge in [-0.2, -0.15) is 0 Å². The average Bonchev–Trinajstić information content (AvgIpc) is 2.93. The molecule has 2 rings (SSSR count). The molecule has 1 aromatic rings. The van der Waals surface area contributed by atoms with Crippen LogP contribution in [-0.4, -0.2) is 61.9 Å². The van der Waals surface area contributed by atoms with Gasteiger partial charge in [0.05, 0.1) is 0 Å². The molecule has 0 aliphatic carbocycles. The van der Waals surface area contributed by atoms with Crippen LogP contribution in [0.15, 0.2) is 16.5 Å². The number of hydrogen-bond acceptors (Lipinski definition) is 4. The number of furan rings is 1.